The fraction of sp³-hybridized carbons (Fsp3) is 0.286. The molecule has 1 aromatic heterocycles. The Bertz CT molecular complexity index is 536. The van der Waals surface area contributed by atoms with Gasteiger partial charge in [0.25, 0.3) is 0 Å². The highest BCUT2D eigenvalue weighted by atomic mass is 35.5. The van der Waals surface area contributed by atoms with Crippen molar-refractivity contribution >= 4 is 34.5 Å². The van der Waals surface area contributed by atoms with Gasteiger partial charge in [0.05, 0.1) is 0 Å². The van der Waals surface area contributed by atoms with Crippen LogP contribution in [-0.2, 0) is 6.54 Å². The minimum Gasteiger partial charge on any atom is -0.305 e. The third kappa shape index (κ3) is 3.48. The molecule has 0 aliphatic heterocycles. The zero-order chi connectivity index (χ0) is 13.1. The second-order valence-electron chi connectivity index (χ2n) is 4.28. The maximum Gasteiger partial charge on any atom is 0.0454 e. The van der Waals surface area contributed by atoms with Crippen molar-refractivity contribution in [3.63, 3.8) is 0 Å². The molecule has 1 atom stereocenters. The number of nitrogens with one attached hydrogen (secondary N) is 1. The summed E-state index contributed by atoms with van der Waals surface area (Å²) in [5.41, 5.74) is 1.04. The summed E-state index contributed by atoms with van der Waals surface area (Å²) in [6, 6.07) is 10.0. The van der Waals surface area contributed by atoms with E-state index in [0.717, 1.165) is 22.2 Å². The Morgan fingerprint density at radius 3 is 2.67 bits per heavy atom. The number of rotatable bonds is 4. The molecule has 0 saturated heterocycles. The average molecular weight is 300 g/mol. The molecule has 0 aliphatic rings. The highest BCUT2D eigenvalue weighted by Gasteiger charge is 2.10. The summed E-state index contributed by atoms with van der Waals surface area (Å²) in [7, 11) is 0. The second-order valence-corrected chi connectivity index (χ2v) is 6.50. The van der Waals surface area contributed by atoms with Crippen LogP contribution in [0.1, 0.15) is 28.3 Å². The lowest BCUT2D eigenvalue weighted by atomic mass is 10.1. The molecule has 0 bridgehead atoms. The normalized spacial score (nSPS) is 12.7. The Hall–Kier alpha value is -0.540. The fourth-order valence-electron chi connectivity index (χ4n) is 1.79. The van der Waals surface area contributed by atoms with Crippen molar-refractivity contribution in [3.05, 3.63) is 55.7 Å². The van der Waals surface area contributed by atoms with E-state index in [0.29, 0.717) is 0 Å². The number of halogens is 2. The maximum atomic E-state index is 6.18. The minimum absolute atomic E-state index is 0.179. The van der Waals surface area contributed by atoms with Crippen LogP contribution < -0.4 is 5.32 Å². The monoisotopic (exact) mass is 299 g/mol. The van der Waals surface area contributed by atoms with Crippen molar-refractivity contribution in [1.82, 2.24) is 5.32 Å². The van der Waals surface area contributed by atoms with E-state index in [-0.39, 0.29) is 6.04 Å². The quantitative estimate of drug-likeness (QED) is 0.817. The molecule has 4 heteroatoms. The van der Waals surface area contributed by atoms with Crippen LogP contribution in [0.5, 0.6) is 0 Å². The minimum atomic E-state index is 0.179. The second kappa shape index (κ2) is 6.07. The van der Waals surface area contributed by atoms with Crippen LogP contribution in [0.3, 0.4) is 0 Å². The van der Waals surface area contributed by atoms with E-state index in [2.05, 4.69) is 31.3 Å². The third-order valence-corrected chi connectivity index (χ3v) is 4.38. The number of hydrogen-bond donors (Lipinski definition) is 1. The molecule has 2 aromatic rings. The van der Waals surface area contributed by atoms with Gasteiger partial charge in [0.15, 0.2) is 0 Å². The summed E-state index contributed by atoms with van der Waals surface area (Å²) in [4.78, 5) is 2.66. The van der Waals surface area contributed by atoms with Crippen LogP contribution >= 0.6 is 34.5 Å². The smallest absolute Gasteiger partial charge is 0.0454 e. The van der Waals surface area contributed by atoms with E-state index < -0.39 is 0 Å². The lowest BCUT2D eigenvalue weighted by Crippen LogP contribution is -2.17. The SMILES string of the molecule is Cc1ccc(CNC(C)c2cc(Cl)ccc2Cl)s1. The summed E-state index contributed by atoms with van der Waals surface area (Å²) < 4.78 is 0. The molecule has 0 saturated carbocycles. The maximum absolute atomic E-state index is 6.18. The molecule has 0 amide bonds. The van der Waals surface area contributed by atoms with Gasteiger partial charge >= 0.3 is 0 Å². The van der Waals surface area contributed by atoms with Gasteiger partial charge in [-0.15, -0.1) is 11.3 Å². The van der Waals surface area contributed by atoms with Gasteiger partial charge in [-0.05, 0) is 49.7 Å². The van der Waals surface area contributed by atoms with Gasteiger partial charge in [-0.3, -0.25) is 0 Å². The van der Waals surface area contributed by atoms with Crippen LogP contribution in [0, 0.1) is 6.92 Å². The molecule has 1 unspecified atom stereocenters. The van der Waals surface area contributed by atoms with E-state index in [1.807, 2.05) is 29.5 Å². The molecule has 1 heterocycles. The standard InChI is InChI=1S/C14H15Cl2NS/c1-9-3-5-12(18-9)8-17-10(2)13-7-11(15)4-6-14(13)16/h3-7,10,17H,8H2,1-2H3. The number of thiophene rings is 1. The Labute approximate surface area is 122 Å². The Balaban J connectivity index is 2.03. The van der Waals surface area contributed by atoms with Crippen molar-refractivity contribution in [2.45, 2.75) is 26.4 Å². The van der Waals surface area contributed by atoms with Crippen molar-refractivity contribution < 1.29 is 0 Å². The molecular weight excluding hydrogens is 285 g/mol. The molecule has 18 heavy (non-hydrogen) atoms. The van der Waals surface area contributed by atoms with E-state index in [1.54, 1.807) is 0 Å². The predicted octanol–water partition coefficient (Wildman–Crippen LogP) is 5.21. The first kappa shape index (κ1) is 13.9. The van der Waals surface area contributed by atoms with E-state index in [1.165, 1.54) is 9.75 Å². The van der Waals surface area contributed by atoms with Gasteiger partial charge in [0.1, 0.15) is 0 Å². The number of hydrogen-bond acceptors (Lipinski definition) is 2. The first-order valence-corrected chi connectivity index (χ1v) is 7.37. The zero-order valence-electron chi connectivity index (χ0n) is 10.3. The van der Waals surface area contributed by atoms with Crippen LogP contribution in [0.2, 0.25) is 10.0 Å². The van der Waals surface area contributed by atoms with Crippen LogP contribution in [-0.4, -0.2) is 0 Å². The molecular formula is C14H15Cl2NS. The largest absolute Gasteiger partial charge is 0.305 e. The summed E-state index contributed by atoms with van der Waals surface area (Å²) in [5, 5.41) is 4.93. The van der Waals surface area contributed by atoms with Crippen molar-refractivity contribution in [1.29, 1.82) is 0 Å². The van der Waals surface area contributed by atoms with Crippen LogP contribution in [0.4, 0.5) is 0 Å². The van der Waals surface area contributed by atoms with Crippen LogP contribution in [0.15, 0.2) is 30.3 Å². The summed E-state index contributed by atoms with van der Waals surface area (Å²) in [6.07, 6.45) is 0. The van der Waals surface area contributed by atoms with Gasteiger partial charge in [-0.1, -0.05) is 23.2 Å². The average Bonchev–Trinajstić information content (AvgIpc) is 2.75. The first-order chi connectivity index (χ1) is 8.56. The zero-order valence-corrected chi connectivity index (χ0v) is 12.7. The number of aryl methyl sites for hydroxylation is 1. The van der Waals surface area contributed by atoms with Gasteiger partial charge in [-0.2, -0.15) is 0 Å². The number of benzene rings is 1. The molecule has 0 radical (unpaired) electrons. The molecule has 96 valence electrons. The molecule has 2 rings (SSSR count). The lowest BCUT2D eigenvalue weighted by Gasteiger charge is -2.15. The fourth-order valence-corrected chi connectivity index (χ4v) is 3.09. The van der Waals surface area contributed by atoms with E-state index >= 15 is 0 Å². The third-order valence-electron chi connectivity index (χ3n) is 2.80. The van der Waals surface area contributed by atoms with Gasteiger partial charge in [0.2, 0.25) is 0 Å². The van der Waals surface area contributed by atoms with E-state index in [9.17, 15) is 0 Å². The topological polar surface area (TPSA) is 12.0 Å². The summed E-state index contributed by atoms with van der Waals surface area (Å²) >= 11 is 14.0. The van der Waals surface area contributed by atoms with Gasteiger partial charge in [0, 0.05) is 32.4 Å². The van der Waals surface area contributed by atoms with Crippen LogP contribution in [0.25, 0.3) is 0 Å². The molecule has 1 aromatic carbocycles. The summed E-state index contributed by atoms with van der Waals surface area (Å²) in [5.74, 6) is 0. The first-order valence-electron chi connectivity index (χ1n) is 5.80. The molecule has 1 N–H and O–H groups in total. The Morgan fingerprint density at radius 1 is 1.22 bits per heavy atom. The molecule has 0 aliphatic carbocycles. The van der Waals surface area contributed by atoms with Crippen molar-refractivity contribution in [2.75, 3.05) is 0 Å². The predicted molar refractivity (Wildman–Crippen MR) is 80.8 cm³/mol. The lowest BCUT2D eigenvalue weighted by molar-refractivity contribution is 0.579. The van der Waals surface area contributed by atoms with Crippen molar-refractivity contribution in [2.24, 2.45) is 0 Å². The summed E-state index contributed by atoms with van der Waals surface area (Å²) in [6.45, 7) is 5.06. The molecule has 1 nitrogen and oxygen atoms in total. The molecule has 0 spiro atoms. The van der Waals surface area contributed by atoms with E-state index in [4.69, 9.17) is 23.2 Å². The highest BCUT2D eigenvalue weighted by Crippen LogP contribution is 2.26. The molecule has 0 fully saturated rings. The Morgan fingerprint density at radius 2 is 2.00 bits per heavy atom. The van der Waals surface area contributed by atoms with Gasteiger partial charge in [-0.25, -0.2) is 0 Å². The Kier molecular flexibility index (Phi) is 4.68. The highest BCUT2D eigenvalue weighted by molar-refractivity contribution is 7.11. The van der Waals surface area contributed by atoms with Crippen molar-refractivity contribution in [3.8, 4) is 0 Å². The van der Waals surface area contributed by atoms with Gasteiger partial charge < -0.3 is 5.32 Å².